The van der Waals surface area contributed by atoms with E-state index in [4.69, 9.17) is 11.6 Å². The molecule has 2 aromatic carbocycles. The Morgan fingerprint density at radius 2 is 1.69 bits per heavy atom. The Balaban J connectivity index is 2.21. The molecule has 2 aromatic rings. The van der Waals surface area contributed by atoms with Crippen LogP contribution in [0.25, 0.3) is 0 Å². The molecule has 7 nitrogen and oxygen atoms in total. The van der Waals surface area contributed by atoms with Gasteiger partial charge in [0.2, 0.25) is 21.8 Å². The molecule has 0 aliphatic heterocycles. The average molecular weight is 536 g/mol. The molecule has 9 heteroatoms. The predicted octanol–water partition coefficient (Wildman–Crippen LogP) is 4.84. The minimum atomic E-state index is -3.53. The van der Waals surface area contributed by atoms with Gasteiger partial charge in [-0.3, -0.25) is 13.9 Å². The Hall–Kier alpha value is -2.58. The van der Waals surface area contributed by atoms with Crippen LogP contribution in [0.2, 0.25) is 5.02 Å². The number of anilines is 1. The van der Waals surface area contributed by atoms with Gasteiger partial charge in [0.25, 0.3) is 0 Å². The summed E-state index contributed by atoms with van der Waals surface area (Å²) >= 11 is 6.01. The van der Waals surface area contributed by atoms with Gasteiger partial charge in [-0.1, -0.05) is 43.6 Å². The minimum absolute atomic E-state index is 0.113. The zero-order valence-electron chi connectivity index (χ0n) is 21.9. The fourth-order valence-electron chi connectivity index (χ4n) is 3.96. The van der Waals surface area contributed by atoms with Crippen molar-refractivity contribution in [1.82, 2.24) is 10.2 Å². The second-order valence-corrected chi connectivity index (χ2v) is 11.4. The lowest BCUT2D eigenvalue weighted by Gasteiger charge is -2.31. The third-order valence-electron chi connectivity index (χ3n) is 6.13. The zero-order valence-corrected chi connectivity index (χ0v) is 23.5. The van der Waals surface area contributed by atoms with Crippen LogP contribution in [0.1, 0.15) is 56.2 Å². The Morgan fingerprint density at radius 3 is 2.25 bits per heavy atom. The van der Waals surface area contributed by atoms with Crippen molar-refractivity contribution in [2.45, 2.75) is 66.0 Å². The number of carbonyl (C=O) groups is 2. The average Bonchev–Trinajstić information content (AvgIpc) is 2.82. The maximum atomic E-state index is 13.4. The molecule has 1 N–H and O–H groups in total. The smallest absolute Gasteiger partial charge is 0.242 e. The summed E-state index contributed by atoms with van der Waals surface area (Å²) in [6.45, 7) is 8.73. The molecule has 0 fully saturated rings. The molecular formula is C27H38ClN3O4S. The summed E-state index contributed by atoms with van der Waals surface area (Å²) in [5.74, 6) is -0.383. The van der Waals surface area contributed by atoms with E-state index in [1.165, 1.54) is 10.6 Å². The number of amides is 2. The first kappa shape index (κ1) is 29.6. The highest BCUT2D eigenvalue weighted by molar-refractivity contribution is 7.92. The number of nitrogens with one attached hydrogen (secondary N) is 1. The molecule has 1 unspecified atom stereocenters. The van der Waals surface area contributed by atoms with E-state index < -0.39 is 16.1 Å². The van der Waals surface area contributed by atoms with Gasteiger partial charge in [-0.15, -0.1) is 0 Å². The van der Waals surface area contributed by atoms with Gasteiger partial charge in [-0.2, -0.15) is 0 Å². The number of sulfonamides is 1. The summed E-state index contributed by atoms with van der Waals surface area (Å²) in [6, 6.07) is 12.1. The maximum Gasteiger partial charge on any atom is 0.242 e. The van der Waals surface area contributed by atoms with E-state index in [2.05, 4.69) is 5.32 Å². The standard InChI is InChI=1S/C27H38ClN3O4S/c1-6-16-29-27(33)25(7-2)30(19-22-11-13-23(28)14-12-22)26(32)9-8-17-31(36(5,34)35)24-15-10-20(3)21(4)18-24/h10-15,18,25H,6-9,16-17,19H2,1-5H3,(H,29,33). The van der Waals surface area contributed by atoms with Crippen LogP contribution in [0.15, 0.2) is 42.5 Å². The monoisotopic (exact) mass is 535 g/mol. The molecule has 36 heavy (non-hydrogen) atoms. The molecule has 2 rings (SSSR count). The number of benzene rings is 2. The fourth-order valence-corrected chi connectivity index (χ4v) is 5.04. The molecule has 0 aliphatic rings. The number of hydrogen-bond acceptors (Lipinski definition) is 4. The predicted molar refractivity (Wildman–Crippen MR) is 147 cm³/mol. The quantitative estimate of drug-likeness (QED) is 0.398. The highest BCUT2D eigenvalue weighted by Crippen LogP contribution is 2.22. The SMILES string of the molecule is CCCNC(=O)C(CC)N(Cc1ccc(Cl)cc1)C(=O)CCCN(c1ccc(C)c(C)c1)S(C)(=O)=O. The van der Waals surface area contributed by atoms with Crippen molar-refractivity contribution in [3.63, 3.8) is 0 Å². The van der Waals surface area contributed by atoms with Crippen molar-refractivity contribution in [2.75, 3.05) is 23.7 Å². The van der Waals surface area contributed by atoms with Crippen LogP contribution >= 0.6 is 11.6 Å². The number of hydrogen-bond donors (Lipinski definition) is 1. The highest BCUT2D eigenvalue weighted by atomic mass is 35.5. The van der Waals surface area contributed by atoms with Crippen LogP contribution < -0.4 is 9.62 Å². The molecule has 0 spiro atoms. The number of carbonyl (C=O) groups excluding carboxylic acids is 2. The summed E-state index contributed by atoms with van der Waals surface area (Å²) in [4.78, 5) is 27.9. The van der Waals surface area contributed by atoms with E-state index in [9.17, 15) is 18.0 Å². The number of halogens is 1. The Morgan fingerprint density at radius 1 is 1.03 bits per heavy atom. The molecule has 0 saturated carbocycles. The van der Waals surface area contributed by atoms with E-state index in [0.29, 0.717) is 30.1 Å². The third kappa shape index (κ3) is 8.52. The highest BCUT2D eigenvalue weighted by Gasteiger charge is 2.28. The van der Waals surface area contributed by atoms with E-state index >= 15 is 0 Å². The van der Waals surface area contributed by atoms with Crippen molar-refractivity contribution >= 4 is 39.1 Å². The van der Waals surface area contributed by atoms with Crippen molar-refractivity contribution in [2.24, 2.45) is 0 Å². The van der Waals surface area contributed by atoms with Gasteiger partial charge in [0.05, 0.1) is 11.9 Å². The Bertz CT molecular complexity index is 1140. The molecule has 0 heterocycles. The summed E-state index contributed by atoms with van der Waals surface area (Å²) < 4.78 is 26.4. The van der Waals surface area contributed by atoms with Gasteiger partial charge in [0.1, 0.15) is 6.04 Å². The normalized spacial score (nSPS) is 12.2. The van der Waals surface area contributed by atoms with E-state index in [1.807, 2.05) is 52.0 Å². The lowest BCUT2D eigenvalue weighted by atomic mass is 10.1. The number of aryl methyl sites for hydroxylation is 2. The second kappa shape index (κ2) is 13.7. The van der Waals surface area contributed by atoms with Crippen molar-refractivity contribution < 1.29 is 18.0 Å². The summed E-state index contributed by atoms with van der Waals surface area (Å²) in [5, 5.41) is 3.49. The van der Waals surface area contributed by atoms with Gasteiger partial charge < -0.3 is 10.2 Å². The first-order valence-electron chi connectivity index (χ1n) is 12.3. The lowest BCUT2D eigenvalue weighted by molar-refractivity contribution is -0.141. The van der Waals surface area contributed by atoms with Crippen LogP contribution in [0.4, 0.5) is 5.69 Å². The minimum Gasteiger partial charge on any atom is -0.354 e. The van der Waals surface area contributed by atoms with Gasteiger partial charge in [-0.05, 0) is 74.1 Å². The van der Waals surface area contributed by atoms with Crippen molar-refractivity contribution in [3.8, 4) is 0 Å². The summed E-state index contributed by atoms with van der Waals surface area (Å²) in [7, 11) is -3.53. The van der Waals surface area contributed by atoms with Gasteiger partial charge >= 0.3 is 0 Å². The molecule has 0 aliphatic carbocycles. The fraction of sp³-hybridized carbons (Fsp3) is 0.481. The first-order valence-corrected chi connectivity index (χ1v) is 14.6. The first-order chi connectivity index (χ1) is 17.0. The van der Waals surface area contributed by atoms with Crippen LogP contribution in [-0.4, -0.2) is 50.5 Å². The van der Waals surface area contributed by atoms with Crippen molar-refractivity contribution in [1.29, 1.82) is 0 Å². The molecule has 0 radical (unpaired) electrons. The van der Waals surface area contributed by atoms with E-state index in [-0.39, 0.29) is 31.3 Å². The molecule has 1 atom stereocenters. The van der Waals surface area contributed by atoms with Gasteiger partial charge in [0.15, 0.2) is 0 Å². The number of rotatable bonds is 13. The molecule has 2 amide bonds. The molecule has 0 aromatic heterocycles. The Labute approximate surface area is 220 Å². The summed E-state index contributed by atoms with van der Waals surface area (Å²) in [5.41, 5.74) is 3.52. The molecule has 0 bridgehead atoms. The van der Waals surface area contributed by atoms with Crippen LogP contribution in [0.3, 0.4) is 0 Å². The van der Waals surface area contributed by atoms with Gasteiger partial charge in [0, 0.05) is 31.1 Å². The molecule has 0 saturated heterocycles. The molecular weight excluding hydrogens is 498 g/mol. The van der Waals surface area contributed by atoms with Crippen LogP contribution in [-0.2, 0) is 26.2 Å². The molecule has 198 valence electrons. The Kier molecular flexibility index (Phi) is 11.2. The lowest BCUT2D eigenvalue weighted by Crippen LogP contribution is -2.49. The number of nitrogens with zero attached hydrogens (tertiary/aromatic N) is 2. The van der Waals surface area contributed by atoms with Crippen LogP contribution in [0, 0.1) is 13.8 Å². The topological polar surface area (TPSA) is 86.8 Å². The second-order valence-electron chi connectivity index (χ2n) is 9.07. The van der Waals surface area contributed by atoms with Gasteiger partial charge in [-0.25, -0.2) is 8.42 Å². The zero-order chi connectivity index (χ0) is 26.9. The maximum absolute atomic E-state index is 13.4. The summed E-state index contributed by atoms with van der Waals surface area (Å²) in [6.07, 6.45) is 2.87. The van der Waals surface area contributed by atoms with E-state index in [0.717, 1.165) is 23.1 Å². The largest absolute Gasteiger partial charge is 0.354 e. The van der Waals surface area contributed by atoms with E-state index in [1.54, 1.807) is 23.1 Å². The van der Waals surface area contributed by atoms with Crippen LogP contribution in [0.5, 0.6) is 0 Å². The third-order valence-corrected chi connectivity index (χ3v) is 7.58. The van der Waals surface area contributed by atoms with Crippen molar-refractivity contribution in [3.05, 3.63) is 64.2 Å².